The first kappa shape index (κ1) is 12.3. The molecule has 18 heavy (non-hydrogen) atoms. The fourth-order valence-corrected chi connectivity index (χ4v) is 1.75. The van der Waals surface area contributed by atoms with Gasteiger partial charge in [0.05, 0.1) is 5.69 Å². The molecule has 0 bridgehead atoms. The van der Waals surface area contributed by atoms with Gasteiger partial charge < -0.3 is 15.6 Å². The Hall–Kier alpha value is -2.14. The fourth-order valence-electron chi connectivity index (χ4n) is 1.75. The molecule has 0 aliphatic carbocycles. The minimum atomic E-state index is -0.0340. The number of amides is 1. The number of nitrogens with two attached hydrogens (primary N) is 1. The lowest BCUT2D eigenvalue weighted by Crippen LogP contribution is -2.26. The van der Waals surface area contributed by atoms with E-state index < -0.39 is 0 Å². The van der Waals surface area contributed by atoms with Gasteiger partial charge in [0.1, 0.15) is 0 Å². The number of hydrogen-bond acceptors (Lipinski definition) is 3. The average molecular weight is 244 g/mol. The summed E-state index contributed by atoms with van der Waals surface area (Å²) in [5.41, 5.74) is 7.91. The van der Waals surface area contributed by atoms with Gasteiger partial charge in [0.2, 0.25) is 0 Å². The molecule has 1 amide bonds. The largest absolute Gasteiger partial charge is 0.367 e. The third kappa shape index (κ3) is 2.75. The molecule has 0 saturated carbocycles. The van der Waals surface area contributed by atoms with Crippen molar-refractivity contribution in [2.24, 2.45) is 5.73 Å². The van der Waals surface area contributed by atoms with Crippen LogP contribution in [-0.4, -0.2) is 27.8 Å². The quantitative estimate of drug-likeness (QED) is 0.847. The van der Waals surface area contributed by atoms with Crippen molar-refractivity contribution in [1.82, 2.24) is 14.9 Å². The van der Waals surface area contributed by atoms with Crippen molar-refractivity contribution in [2.45, 2.75) is 13.1 Å². The molecule has 3 N–H and O–H groups in total. The van der Waals surface area contributed by atoms with E-state index in [1.165, 1.54) is 0 Å². The predicted molar refractivity (Wildman–Crippen MR) is 68.7 cm³/mol. The van der Waals surface area contributed by atoms with Gasteiger partial charge in [-0.2, -0.15) is 0 Å². The number of pyridine rings is 1. The zero-order valence-corrected chi connectivity index (χ0v) is 10.3. The van der Waals surface area contributed by atoms with Gasteiger partial charge in [0.15, 0.2) is 0 Å². The molecular formula is C13H16N4O. The van der Waals surface area contributed by atoms with Gasteiger partial charge in [0.25, 0.3) is 5.91 Å². The van der Waals surface area contributed by atoms with Crippen molar-refractivity contribution in [3.63, 3.8) is 0 Å². The number of carbonyl (C=O) groups is 1. The van der Waals surface area contributed by atoms with Crippen LogP contribution in [-0.2, 0) is 13.1 Å². The van der Waals surface area contributed by atoms with Gasteiger partial charge in [-0.05, 0) is 23.8 Å². The van der Waals surface area contributed by atoms with E-state index >= 15 is 0 Å². The highest BCUT2D eigenvalue weighted by atomic mass is 16.2. The van der Waals surface area contributed by atoms with Crippen molar-refractivity contribution in [1.29, 1.82) is 0 Å². The van der Waals surface area contributed by atoms with Crippen LogP contribution < -0.4 is 5.73 Å². The maximum Gasteiger partial charge on any atom is 0.254 e. The third-order valence-electron chi connectivity index (χ3n) is 2.70. The van der Waals surface area contributed by atoms with E-state index in [2.05, 4.69) is 9.97 Å². The van der Waals surface area contributed by atoms with Gasteiger partial charge >= 0.3 is 0 Å². The monoisotopic (exact) mass is 244 g/mol. The highest BCUT2D eigenvalue weighted by molar-refractivity contribution is 5.94. The Balaban J connectivity index is 2.10. The van der Waals surface area contributed by atoms with Crippen LogP contribution in [0.4, 0.5) is 0 Å². The molecular weight excluding hydrogens is 228 g/mol. The number of rotatable bonds is 4. The molecule has 5 heteroatoms. The van der Waals surface area contributed by atoms with E-state index in [1.807, 2.05) is 18.5 Å². The van der Waals surface area contributed by atoms with E-state index in [9.17, 15) is 4.79 Å². The van der Waals surface area contributed by atoms with Crippen molar-refractivity contribution < 1.29 is 4.79 Å². The normalized spacial score (nSPS) is 10.3. The highest BCUT2D eigenvalue weighted by Crippen LogP contribution is 2.08. The maximum absolute atomic E-state index is 12.2. The molecule has 0 spiro atoms. The molecule has 0 fully saturated rings. The molecule has 2 rings (SSSR count). The summed E-state index contributed by atoms with van der Waals surface area (Å²) in [7, 11) is 1.78. The lowest BCUT2D eigenvalue weighted by molar-refractivity contribution is 0.0785. The van der Waals surface area contributed by atoms with Crippen molar-refractivity contribution in [3.05, 3.63) is 53.6 Å². The first-order valence-electron chi connectivity index (χ1n) is 5.73. The van der Waals surface area contributed by atoms with Gasteiger partial charge in [-0.15, -0.1) is 0 Å². The van der Waals surface area contributed by atoms with Crippen LogP contribution in [0.5, 0.6) is 0 Å². The lowest BCUT2D eigenvalue weighted by atomic mass is 10.2. The van der Waals surface area contributed by atoms with E-state index in [-0.39, 0.29) is 5.91 Å². The van der Waals surface area contributed by atoms with E-state index in [0.717, 1.165) is 11.3 Å². The Bertz CT molecular complexity index is 522. The third-order valence-corrected chi connectivity index (χ3v) is 2.70. The van der Waals surface area contributed by atoms with Gasteiger partial charge in [-0.1, -0.05) is 0 Å². The van der Waals surface area contributed by atoms with Crippen LogP contribution in [0.2, 0.25) is 0 Å². The molecule has 2 heterocycles. The minimum absolute atomic E-state index is 0.0340. The van der Waals surface area contributed by atoms with Crippen LogP contribution >= 0.6 is 0 Å². The van der Waals surface area contributed by atoms with Crippen LogP contribution in [0.25, 0.3) is 0 Å². The van der Waals surface area contributed by atoms with E-state index in [4.69, 9.17) is 5.73 Å². The Labute approximate surface area is 106 Å². The summed E-state index contributed by atoms with van der Waals surface area (Å²) < 4.78 is 0. The second-order valence-corrected chi connectivity index (χ2v) is 4.12. The molecule has 94 valence electrons. The van der Waals surface area contributed by atoms with Crippen LogP contribution in [0.3, 0.4) is 0 Å². The van der Waals surface area contributed by atoms with Crippen molar-refractivity contribution in [3.8, 4) is 0 Å². The molecule has 0 aromatic carbocycles. The molecule has 0 radical (unpaired) electrons. The van der Waals surface area contributed by atoms with Crippen LogP contribution in [0, 0.1) is 0 Å². The number of nitrogens with zero attached hydrogens (tertiary/aromatic N) is 2. The fraction of sp³-hybridized carbons (Fsp3) is 0.231. The Morgan fingerprint density at radius 1 is 1.50 bits per heavy atom. The molecule has 0 atom stereocenters. The molecule has 0 aliphatic rings. The molecule has 0 unspecified atom stereocenters. The smallest absolute Gasteiger partial charge is 0.254 e. The number of H-pyrrole nitrogens is 1. The lowest BCUT2D eigenvalue weighted by Gasteiger charge is -2.16. The summed E-state index contributed by atoms with van der Waals surface area (Å²) in [4.78, 5) is 20.9. The van der Waals surface area contributed by atoms with Crippen LogP contribution in [0.1, 0.15) is 21.6 Å². The maximum atomic E-state index is 12.2. The number of hydrogen-bond donors (Lipinski definition) is 2. The summed E-state index contributed by atoms with van der Waals surface area (Å²) in [5, 5.41) is 0. The first-order chi connectivity index (χ1) is 8.70. The van der Waals surface area contributed by atoms with Crippen molar-refractivity contribution in [2.75, 3.05) is 7.05 Å². The first-order valence-corrected chi connectivity index (χ1v) is 5.73. The number of aromatic amines is 1. The van der Waals surface area contributed by atoms with Gasteiger partial charge in [-0.3, -0.25) is 9.78 Å². The SMILES string of the molecule is CN(Cc1cc[nH]c1)C(=O)c1ccnc(CN)c1. The summed E-state index contributed by atoms with van der Waals surface area (Å²) in [5.74, 6) is -0.0340. The van der Waals surface area contributed by atoms with Gasteiger partial charge in [-0.25, -0.2) is 0 Å². The van der Waals surface area contributed by atoms with Crippen LogP contribution in [0.15, 0.2) is 36.8 Å². The predicted octanol–water partition coefficient (Wildman–Crippen LogP) is 1.14. The average Bonchev–Trinajstić information content (AvgIpc) is 2.90. The molecule has 2 aromatic rings. The summed E-state index contributed by atoms with van der Waals surface area (Å²) >= 11 is 0. The Morgan fingerprint density at radius 2 is 2.33 bits per heavy atom. The number of carbonyl (C=O) groups excluding carboxylic acids is 1. The summed E-state index contributed by atoms with van der Waals surface area (Å²) in [6.07, 6.45) is 5.33. The summed E-state index contributed by atoms with van der Waals surface area (Å²) in [6.45, 7) is 0.908. The second-order valence-electron chi connectivity index (χ2n) is 4.12. The van der Waals surface area contributed by atoms with Crippen molar-refractivity contribution >= 4 is 5.91 Å². The van der Waals surface area contributed by atoms with E-state index in [0.29, 0.717) is 18.7 Å². The Morgan fingerprint density at radius 3 is 3.00 bits per heavy atom. The second kappa shape index (κ2) is 5.46. The van der Waals surface area contributed by atoms with Gasteiger partial charge in [0, 0.05) is 44.3 Å². The standard InChI is InChI=1S/C13H16N4O/c1-17(9-10-2-4-15-8-10)13(18)11-3-5-16-12(6-11)7-14/h2-6,8,15H,7,9,14H2,1H3. The molecule has 0 saturated heterocycles. The zero-order chi connectivity index (χ0) is 13.0. The topological polar surface area (TPSA) is 75.0 Å². The Kier molecular flexibility index (Phi) is 3.74. The summed E-state index contributed by atoms with van der Waals surface area (Å²) in [6, 6.07) is 5.38. The highest BCUT2D eigenvalue weighted by Gasteiger charge is 2.12. The molecule has 0 aliphatic heterocycles. The number of nitrogens with one attached hydrogen (secondary N) is 1. The molecule has 2 aromatic heterocycles. The molecule has 5 nitrogen and oxygen atoms in total. The van der Waals surface area contributed by atoms with E-state index in [1.54, 1.807) is 30.3 Å². The number of aromatic nitrogens is 2. The minimum Gasteiger partial charge on any atom is -0.367 e. The zero-order valence-electron chi connectivity index (χ0n) is 10.3.